The predicted octanol–water partition coefficient (Wildman–Crippen LogP) is 3.01. The molecule has 2 saturated heterocycles. The molecule has 0 amide bonds. The second kappa shape index (κ2) is 6.63. The summed E-state index contributed by atoms with van der Waals surface area (Å²) in [6, 6.07) is 0. The first kappa shape index (κ1) is 15.9. The molecule has 0 N–H and O–H groups in total. The molecule has 6 heteroatoms. The zero-order valence-corrected chi connectivity index (χ0v) is 14.0. The van der Waals surface area contributed by atoms with Crippen molar-refractivity contribution in [1.82, 2.24) is 9.80 Å². The molecule has 3 rings (SSSR count). The molecule has 0 atom stereocenters. The minimum absolute atomic E-state index is 0.131. The number of carbonyl (C=O) groups excluding carboxylic acids is 2. The third-order valence-corrected chi connectivity index (χ3v) is 5.40. The maximum atomic E-state index is 12.4. The molecule has 0 radical (unpaired) electrons. The highest BCUT2D eigenvalue weighted by Crippen LogP contribution is 2.35. The van der Waals surface area contributed by atoms with Crippen LogP contribution in [0.15, 0.2) is 21.5 Å². The molecule has 0 unspecified atom stereocenters. The highest BCUT2D eigenvalue weighted by atomic mass is 35.5. The summed E-state index contributed by atoms with van der Waals surface area (Å²) in [5.41, 5.74) is 0.179. The molecular formula is C16H20Cl2N2O2. The van der Waals surface area contributed by atoms with E-state index < -0.39 is 11.6 Å². The SMILES string of the molecule is O=C1C(Cl)=C(Cl)C(=O)C1=C(N1CCCCC1)N1CCCCC1. The Kier molecular flexibility index (Phi) is 4.79. The van der Waals surface area contributed by atoms with E-state index in [9.17, 15) is 9.59 Å². The summed E-state index contributed by atoms with van der Waals surface area (Å²) in [5, 5.41) is -0.263. The Morgan fingerprint density at radius 2 is 1.05 bits per heavy atom. The van der Waals surface area contributed by atoms with Crippen LogP contribution in [0.25, 0.3) is 0 Å². The first-order chi connectivity index (χ1) is 10.6. The van der Waals surface area contributed by atoms with E-state index in [0.29, 0.717) is 0 Å². The van der Waals surface area contributed by atoms with Crippen LogP contribution in [0, 0.1) is 0 Å². The summed E-state index contributed by atoms with van der Waals surface area (Å²) in [6.45, 7) is 3.52. The van der Waals surface area contributed by atoms with Crippen LogP contribution >= 0.6 is 23.2 Å². The van der Waals surface area contributed by atoms with Gasteiger partial charge in [0.25, 0.3) is 0 Å². The van der Waals surface area contributed by atoms with Crippen LogP contribution in [-0.4, -0.2) is 47.5 Å². The molecule has 0 aromatic carbocycles. The van der Waals surface area contributed by atoms with Crippen molar-refractivity contribution in [2.24, 2.45) is 0 Å². The van der Waals surface area contributed by atoms with Crippen LogP contribution in [0.3, 0.4) is 0 Å². The van der Waals surface area contributed by atoms with Crippen molar-refractivity contribution in [3.05, 3.63) is 21.5 Å². The van der Waals surface area contributed by atoms with Crippen LogP contribution in [0.4, 0.5) is 0 Å². The van der Waals surface area contributed by atoms with Crippen molar-refractivity contribution in [2.45, 2.75) is 38.5 Å². The number of allylic oxidation sites excluding steroid dienone is 3. The molecule has 3 aliphatic rings. The third kappa shape index (κ3) is 2.79. The lowest BCUT2D eigenvalue weighted by Gasteiger charge is -2.40. The first-order valence-corrected chi connectivity index (χ1v) is 8.75. The molecule has 4 nitrogen and oxygen atoms in total. The van der Waals surface area contributed by atoms with Crippen LogP contribution in [-0.2, 0) is 9.59 Å². The molecule has 1 aliphatic carbocycles. The fourth-order valence-electron chi connectivity index (χ4n) is 3.45. The molecule has 0 aromatic heterocycles. The average molecular weight is 343 g/mol. The quantitative estimate of drug-likeness (QED) is 0.571. The molecule has 0 aromatic rings. The number of hydrogen-bond acceptors (Lipinski definition) is 4. The lowest BCUT2D eigenvalue weighted by molar-refractivity contribution is -0.116. The van der Waals surface area contributed by atoms with Crippen molar-refractivity contribution < 1.29 is 9.59 Å². The Bertz CT molecular complexity index is 510. The van der Waals surface area contributed by atoms with E-state index in [0.717, 1.165) is 57.7 Å². The highest BCUT2D eigenvalue weighted by Gasteiger charge is 2.40. The van der Waals surface area contributed by atoms with Gasteiger partial charge in [0, 0.05) is 26.2 Å². The number of ketones is 2. The van der Waals surface area contributed by atoms with E-state index in [-0.39, 0.29) is 15.6 Å². The number of halogens is 2. The molecule has 0 saturated carbocycles. The summed E-state index contributed by atoms with van der Waals surface area (Å²) in [6.07, 6.45) is 6.73. The van der Waals surface area contributed by atoms with Gasteiger partial charge in [-0.2, -0.15) is 0 Å². The van der Waals surface area contributed by atoms with Gasteiger partial charge in [0.05, 0.1) is 0 Å². The molecule has 2 fully saturated rings. The first-order valence-electron chi connectivity index (χ1n) is 8.00. The number of hydrogen-bond donors (Lipinski definition) is 0. The molecular weight excluding hydrogens is 323 g/mol. The number of likely N-dealkylation sites (tertiary alicyclic amines) is 2. The van der Waals surface area contributed by atoms with Crippen LogP contribution < -0.4 is 0 Å². The minimum atomic E-state index is -0.414. The van der Waals surface area contributed by atoms with Crippen LogP contribution in [0.1, 0.15) is 38.5 Å². The van der Waals surface area contributed by atoms with Crippen LogP contribution in [0.5, 0.6) is 0 Å². The number of Topliss-reactive ketones (excluding diaryl/α,β-unsaturated/α-hetero) is 2. The van der Waals surface area contributed by atoms with Crippen molar-refractivity contribution in [1.29, 1.82) is 0 Å². The standard InChI is InChI=1S/C16H20Cl2N2O2/c17-12-13(18)15(22)11(14(12)21)16(19-7-3-1-4-8-19)20-9-5-2-6-10-20/h1-10H2. The van der Waals surface area contributed by atoms with Crippen molar-refractivity contribution in [3.8, 4) is 0 Å². The number of nitrogens with zero attached hydrogens (tertiary/aromatic N) is 2. The highest BCUT2D eigenvalue weighted by molar-refractivity contribution is 6.64. The predicted molar refractivity (Wildman–Crippen MR) is 86.6 cm³/mol. The lowest BCUT2D eigenvalue weighted by atomic mass is 10.1. The van der Waals surface area contributed by atoms with Crippen molar-refractivity contribution >= 4 is 34.8 Å². The molecule has 0 bridgehead atoms. The summed E-state index contributed by atoms with van der Waals surface area (Å²) in [4.78, 5) is 29.3. The Labute approximate surface area is 140 Å². The van der Waals surface area contributed by atoms with Gasteiger partial charge in [-0.05, 0) is 38.5 Å². The Morgan fingerprint density at radius 1 is 0.682 bits per heavy atom. The fourth-order valence-corrected chi connectivity index (χ4v) is 3.81. The van der Waals surface area contributed by atoms with Gasteiger partial charge in [-0.3, -0.25) is 9.59 Å². The van der Waals surface area contributed by atoms with Gasteiger partial charge in [-0.1, -0.05) is 23.2 Å². The zero-order chi connectivity index (χ0) is 15.7. The second-order valence-electron chi connectivity index (χ2n) is 6.08. The number of carbonyl (C=O) groups is 2. The molecule has 120 valence electrons. The number of piperidine rings is 2. The van der Waals surface area contributed by atoms with Gasteiger partial charge < -0.3 is 9.80 Å². The second-order valence-corrected chi connectivity index (χ2v) is 6.84. The molecule has 22 heavy (non-hydrogen) atoms. The monoisotopic (exact) mass is 342 g/mol. The van der Waals surface area contributed by atoms with Gasteiger partial charge in [0.1, 0.15) is 21.5 Å². The number of rotatable bonds is 2. The smallest absolute Gasteiger partial charge is 0.213 e. The van der Waals surface area contributed by atoms with Gasteiger partial charge >= 0.3 is 0 Å². The van der Waals surface area contributed by atoms with Crippen molar-refractivity contribution in [2.75, 3.05) is 26.2 Å². The molecule has 2 heterocycles. The van der Waals surface area contributed by atoms with Gasteiger partial charge in [0.2, 0.25) is 11.6 Å². The fraction of sp³-hybridized carbons (Fsp3) is 0.625. The third-order valence-electron chi connectivity index (χ3n) is 4.58. The zero-order valence-electron chi connectivity index (χ0n) is 12.5. The Morgan fingerprint density at radius 3 is 1.41 bits per heavy atom. The average Bonchev–Trinajstić information content (AvgIpc) is 2.75. The largest absolute Gasteiger partial charge is 0.358 e. The maximum Gasteiger partial charge on any atom is 0.213 e. The summed E-state index contributed by atoms with van der Waals surface area (Å²) in [5.74, 6) is -0.0613. The van der Waals surface area contributed by atoms with E-state index in [1.807, 2.05) is 0 Å². The van der Waals surface area contributed by atoms with E-state index >= 15 is 0 Å². The summed E-state index contributed by atoms with van der Waals surface area (Å²) < 4.78 is 0. The lowest BCUT2D eigenvalue weighted by Crippen LogP contribution is -2.43. The van der Waals surface area contributed by atoms with E-state index in [1.54, 1.807) is 0 Å². The topological polar surface area (TPSA) is 40.6 Å². The minimum Gasteiger partial charge on any atom is -0.358 e. The van der Waals surface area contributed by atoms with E-state index in [2.05, 4.69) is 9.80 Å². The molecule has 0 spiro atoms. The maximum absolute atomic E-state index is 12.4. The van der Waals surface area contributed by atoms with Crippen LogP contribution in [0.2, 0.25) is 0 Å². The van der Waals surface area contributed by atoms with Gasteiger partial charge in [0.15, 0.2) is 0 Å². The Balaban J connectivity index is 2.02. The summed E-state index contributed by atoms with van der Waals surface area (Å²) >= 11 is 11.9. The molecule has 2 aliphatic heterocycles. The summed E-state index contributed by atoms with van der Waals surface area (Å²) in [7, 11) is 0. The van der Waals surface area contributed by atoms with Gasteiger partial charge in [-0.15, -0.1) is 0 Å². The van der Waals surface area contributed by atoms with E-state index in [4.69, 9.17) is 23.2 Å². The van der Waals surface area contributed by atoms with E-state index in [1.165, 1.54) is 12.8 Å². The van der Waals surface area contributed by atoms with Gasteiger partial charge in [-0.25, -0.2) is 0 Å². The van der Waals surface area contributed by atoms with Crippen molar-refractivity contribution in [3.63, 3.8) is 0 Å². The Hall–Kier alpha value is -1.00. The normalized spacial score (nSPS) is 23.6.